The first-order chi connectivity index (χ1) is 9.02. The van der Waals surface area contributed by atoms with Crippen LogP contribution in [0.4, 0.5) is 4.39 Å². The molecule has 1 fully saturated rings. The third-order valence-corrected chi connectivity index (χ3v) is 4.95. The van der Waals surface area contributed by atoms with Crippen LogP contribution in [0, 0.1) is 28.5 Å². The number of nitrogens with zero attached hydrogens (tertiary/aromatic N) is 1. The Morgan fingerprint density at radius 1 is 1.63 bits per heavy atom. The van der Waals surface area contributed by atoms with Crippen molar-refractivity contribution in [2.24, 2.45) is 11.3 Å². The van der Waals surface area contributed by atoms with Gasteiger partial charge in [-0.15, -0.1) is 0 Å². The largest absolute Gasteiger partial charge is 0.387 e. The topological polar surface area (TPSA) is 44.0 Å². The molecule has 0 bridgehead atoms. The van der Waals surface area contributed by atoms with E-state index in [2.05, 4.69) is 28.9 Å². The molecular weight excluding hydrogens is 309 g/mol. The van der Waals surface area contributed by atoms with Gasteiger partial charge in [0.1, 0.15) is 5.82 Å². The molecule has 0 aliphatic heterocycles. The number of rotatable bonds is 3. The van der Waals surface area contributed by atoms with E-state index in [1.165, 1.54) is 12.1 Å². The van der Waals surface area contributed by atoms with Crippen LogP contribution in [0.1, 0.15) is 44.3 Å². The van der Waals surface area contributed by atoms with Gasteiger partial charge in [0.15, 0.2) is 0 Å². The average molecular weight is 326 g/mol. The van der Waals surface area contributed by atoms with Crippen molar-refractivity contribution in [2.75, 3.05) is 0 Å². The average Bonchev–Trinajstić information content (AvgIpc) is 2.85. The Balaban J connectivity index is 2.34. The Bertz CT molecular complexity index is 513. The van der Waals surface area contributed by atoms with Gasteiger partial charge >= 0.3 is 0 Å². The van der Waals surface area contributed by atoms with Crippen molar-refractivity contribution in [3.05, 3.63) is 34.1 Å². The first-order valence-corrected chi connectivity index (χ1v) is 7.36. The summed E-state index contributed by atoms with van der Waals surface area (Å²) in [5, 5.41) is 20.1. The van der Waals surface area contributed by atoms with Crippen LogP contribution in [0.3, 0.4) is 0 Å². The Labute approximate surface area is 121 Å². The highest BCUT2D eigenvalue weighted by Crippen LogP contribution is 2.51. The molecule has 1 aliphatic rings. The molecule has 2 nitrogen and oxygen atoms in total. The third-order valence-electron chi connectivity index (χ3n) is 4.23. The van der Waals surface area contributed by atoms with Gasteiger partial charge in [-0.25, -0.2) is 4.39 Å². The lowest BCUT2D eigenvalue weighted by molar-refractivity contribution is 0.0632. The van der Waals surface area contributed by atoms with E-state index in [0.29, 0.717) is 28.8 Å². The van der Waals surface area contributed by atoms with Crippen molar-refractivity contribution in [1.82, 2.24) is 0 Å². The molecule has 1 aromatic carbocycles. The first kappa shape index (κ1) is 14.5. The number of aliphatic hydroxyl groups excluding tert-OH is 1. The van der Waals surface area contributed by atoms with E-state index in [9.17, 15) is 14.8 Å². The molecule has 0 aromatic heterocycles. The van der Waals surface area contributed by atoms with E-state index in [4.69, 9.17) is 0 Å². The van der Waals surface area contributed by atoms with Gasteiger partial charge in [0, 0.05) is 4.47 Å². The minimum atomic E-state index is -0.945. The second-order valence-electron chi connectivity index (χ2n) is 5.35. The van der Waals surface area contributed by atoms with Gasteiger partial charge in [0.25, 0.3) is 0 Å². The molecule has 0 amide bonds. The summed E-state index contributed by atoms with van der Waals surface area (Å²) in [6.45, 7) is 2.10. The van der Waals surface area contributed by atoms with E-state index in [-0.39, 0.29) is 0 Å². The fourth-order valence-electron chi connectivity index (χ4n) is 2.96. The third kappa shape index (κ3) is 2.68. The molecular formula is C15H17BrFNO. The van der Waals surface area contributed by atoms with Crippen molar-refractivity contribution in [3.8, 4) is 6.07 Å². The van der Waals surface area contributed by atoms with E-state index >= 15 is 0 Å². The number of aliphatic hydroxyl groups is 1. The first-order valence-electron chi connectivity index (χ1n) is 6.56. The normalized spacial score (nSPS) is 28.1. The molecule has 3 atom stereocenters. The zero-order valence-electron chi connectivity index (χ0n) is 10.9. The molecule has 1 aromatic rings. The van der Waals surface area contributed by atoms with Gasteiger partial charge in [0.05, 0.1) is 17.6 Å². The maximum atomic E-state index is 13.4. The number of hydrogen-bond donors (Lipinski definition) is 1. The lowest BCUT2D eigenvalue weighted by Gasteiger charge is -2.28. The summed E-state index contributed by atoms with van der Waals surface area (Å²) in [5.41, 5.74) is -0.310. The molecule has 1 aliphatic carbocycles. The van der Waals surface area contributed by atoms with Crippen molar-refractivity contribution < 1.29 is 9.50 Å². The van der Waals surface area contributed by atoms with E-state index < -0.39 is 17.3 Å². The zero-order valence-corrected chi connectivity index (χ0v) is 12.5. The Morgan fingerprint density at radius 2 is 2.37 bits per heavy atom. The molecule has 102 valence electrons. The summed E-state index contributed by atoms with van der Waals surface area (Å²) in [4.78, 5) is 0. The van der Waals surface area contributed by atoms with Crippen molar-refractivity contribution in [1.29, 1.82) is 5.26 Å². The lowest BCUT2D eigenvalue weighted by Crippen LogP contribution is -2.25. The molecule has 0 saturated heterocycles. The monoisotopic (exact) mass is 325 g/mol. The molecule has 1 saturated carbocycles. The van der Waals surface area contributed by atoms with E-state index in [1.807, 2.05) is 0 Å². The second-order valence-corrected chi connectivity index (χ2v) is 6.21. The van der Waals surface area contributed by atoms with Crippen LogP contribution < -0.4 is 0 Å². The highest BCUT2D eigenvalue weighted by Gasteiger charge is 2.45. The van der Waals surface area contributed by atoms with Crippen molar-refractivity contribution in [3.63, 3.8) is 0 Å². The quantitative estimate of drug-likeness (QED) is 0.898. The molecule has 4 heteroatoms. The summed E-state index contributed by atoms with van der Waals surface area (Å²) in [7, 11) is 0. The van der Waals surface area contributed by atoms with Crippen LogP contribution in [0.15, 0.2) is 22.7 Å². The predicted molar refractivity (Wildman–Crippen MR) is 74.7 cm³/mol. The van der Waals surface area contributed by atoms with Crippen LogP contribution in [0.25, 0.3) is 0 Å². The fourth-order valence-corrected chi connectivity index (χ4v) is 3.43. The molecule has 0 heterocycles. The summed E-state index contributed by atoms with van der Waals surface area (Å²) >= 11 is 3.33. The van der Waals surface area contributed by atoms with Crippen molar-refractivity contribution >= 4 is 15.9 Å². The van der Waals surface area contributed by atoms with Gasteiger partial charge in [-0.3, -0.25) is 0 Å². The van der Waals surface area contributed by atoms with Crippen LogP contribution in [0.5, 0.6) is 0 Å². The molecule has 2 rings (SSSR count). The minimum absolute atomic E-state index is 0.393. The molecule has 1 N–H and O–H groups in total. The summed E-state index contributed by atoms with van der Waals surface area (Å²) in [6.07, 6.45) is 2.38. The van der Waals surface area contributed by atoms with Crippen LogP contribution in [-0.2, 0) is 0 Å². The Kier molecular flexibility index (Phi) is 4.27. The van der Waals surface area contributed by atoms with Gasteiger partial charge in [-0.1, -0.05) is 29.3 Å². The number of benzene rings is 1. The number of nitriles is 1. The highest BCUT2D eigenvalue weighted by atomic mass is 79.9. The maximum absolute atomic E-state index is 13.4. The molecule has 0 spiro atoms. The standard InChI is InChI=1S/C15H17BrFNO/c1-2-10-5-6-15(8-10,9-18)14(19)12-7-11(17)3-4-13(12)16/h3-4,7,10,14,19H,2,5-6,8H2,1H3. The number of hydrogen-bond acceptors (Lipinski definition) is 2. The summed E-state index contributed by atoms with van der Waals surface area (Å²) in [6, 6.07) is 6.52. The summed E-state index contributed by atoms with van der Waals surface area (Å²) < 4.78 is 14.0. The Morgan fingerprint density at radius 3 is 2.95 bits per heavy atom. The predicted octanol–water partition coefficient (Wildman–Crippen LogP) is 4.34. The van der Waals surface area contributed by atoms with Crippen molar-refractivity contribution in [2.45, 2.75) is 38.7 Å². The molecule has 3 unspecified atom stereocenters. The molecule has 19 heavy (non-hydrogen) atoms. The SMILES string of the molecule is CCC1CCC(C#N)(C(O)c2cc(F)ccc2Br)C1. The second kappa shape index (κ2) is 5.60. The maximum Gasteiger partial charge on any atom is 0.123 e. The fraction of sp³-hybridized carbons (Fsp3) is 0.533. The lowest BCUT2D eigenvalue weighted by atomic mass is 9.78. The van der Waals surface area contributed by atoms with Gasteiger partial charge in [0.2, 0.25) is 0 Å². The van der Waals surface area contributed by atoms with Gasteiger partial charge in [-0.2, -0.15) is 5.26 Å². The molecule has 0 radical (unpaired) electrons. The van der Waals surface area contributed by atoms with Crippen LogP contribution >= 0.6 is 15.9 Å². The van der Waals surface area contributed by atoms with Gasteiger partial charge < -0.3 is 5.11 Å². The van der Waals surface area contributed by atoms with E-state index in [1.54, 1.807) is 6.07 Å². The minimum Gasteiger partial charge on any atom is -0.387 e. The smallest absolute Gasteiger partial charge is 0.123 e. The zero-order chi connectivity index (χ0) is 14.0. The van der Waals surface area contributed by atoms with Crippen LogP contribution in [0.2, 0.25) is 0 Å². The number of halogens is 2. The Hall–Kier alpha value is -0.920. The summed E-state index contributed by atoms with van der Waals surface area (Å²) in [5.74, 6) is 0.0806. The van der Waals surface area contributed by atoms with E-state index in [0.717, 1.165) is 12.8 Å². The highest BCUT2D eigenvalue weighted by molar-refractivity contribution is 9.10. The van der Waals surface area contributed by atoms with Gasteiger partial charge in [-0.05, 0) is 48.9 Å². The van der Waals surface area contributed by atoms with Crippen LogP contribution in [-0.4, -0.2) is 5.11 Å².